The van der Waals surface area contributed by atoms with Crippen molar-refractivity contribution in [2.24, 2.45) is 5.92 Å². The van der Waals surface area contributed by atoms with Crippen LogP contribution in [0, 0.1) is 19.8 Å². The Balaban J connectivity index is 2.03. The highest BCUT2D eigenvalue weighted by atomic mass is 16.5. The number of nitrogens with zero attached hydrogens (tertiary/aromatic N) is 1. The second-order valence-electron chi connectivity index (χ2n) is 8.21. The van der Waals surface area contributed by atoms with Gasteiger partial charge in [-0.1, -0.05) is 37.6 Å². The molecule has 0 saturated carbocycles. The topological polar surface area (TPSA) is 72.4 Å². The van der Waals surface area contributed by atoms with Crippen LogP contribution in [-0.4, -0.2) is 36.6 Å². The number of fused-ring (bicyclic) bond motifs is 1. The molecule has 0 aliphatic heterocycles. The minimum Gasteiger partial charge on any atom is -0.383 e. The number of carbonyl (C=O) groups is 2. The van der Waals surface area contributed by atoms with Gasteiger partial charge in [-0.25, -0.2) is 0 Å². The Morgan fingerprint density at radius 2 is 1.84 bits per heavy atom. The molecular formula is C25H31N3O3. The van der Waals surface area contributed by atoms with E-state index in [1.165, 1.54) is 16.7 Å². The molecule has 0 aliphatic rings. The van der Waals surface area contributed by atoms with Gasteiger partial charge in [-0.2, -0.15) is 0 Å². The van der Waals surface area contributed by atoms with E-state index in [2.05, 4.69) is 42.7 Å². The van der Waals surface area contributed by atoms with Crippen LogP contribution in [0.25, 0.3) is 10.9 Å². The second-order valence-corrected chi connectivity index (χ2v) is 8.21. The Hall–Kier alpha value is -3.12. The average molecular weight is 422 g/mol. The monoisotopic (exact) mass is 421 g/mol. The van der Waals surface area contributed by atoms with Crippen molar-refractivity contribution >= 4 is 28.4 Å². The number of amides is 2. The van der Waals surface area contributed by atoms with Gasteiger partial charge in [0.05, 0.1) is 6.61 Å². The number of hydrogen-bond donors (Lipinski definition) is 2. The lowest BCUT2D eigenvalue weighted by Gasteiger charge is -2.14. The van der Waals surface area contributed by atoms with Crippen molar-refractivity contribution in [3.8, 4) is 0 Å². The fourth-order valence-electron chi connectivity index (χ4n) is 3.49. The van der Waals surface area contributed by atoms with Crippen molar-refractivity contribution in [3.05, 3.63) is 64.8 Å². The van der Waals surface area contributed by atoms with Gasteiger partial charge in [0.25, 0.3) is 5.91 Å². The Labute approximate surface area is 183 Å². The summed E-state index contributed by atoms with van der Waals surface area (Å²) in [7, 11) is 1.61. The molecule has 0 unspecified atom stereocenters. The first-order valence-electron chi connectivity index (χ1n) is 10.6. The predicted octanol–water partition coefficient (Wildman–Crippen LogP) is 4.28. The number of aromatic nitrogens is 1. The maximum absolute atomic E-state index is 12.9. The summed E-state index contributed by atoms with van der Waals surface area (Å²) in [5.74, 6) is -0.287. The Morgan fingerprint density at radius 3 is 2.55 bits per heavy atom. The summed E-state index contributed by atoms with van der Waals surface area (Å²) in [6.07, 6.45) is 0. The standard InChI is InChI=1S/C25H31N3O3/c1-16(2)24(29)27-21-8-9-22-19(13-21)14-23(25(30)26-10-11-31-5)28(22)15-20-12-17(3)6-7-18(20)4/h6-9,12-14,16H,10-11,15H2,1-5H3,(H,26,30)(H,27,29). The number of hydrogen-bond acceptors (Lipinski definition) is 3. The van der Waals surface area contributed by atoms with Crippen molar-refractivity contribution in [3.63, 3.8) is 0 Å². The summed E-state index contributed by atoms with van der Waals surface area (Å²) in [6, 6.07) is 14.0. The molecule has 0 bridgehead atoms. The van der Waals surface area contributed by atoms with Crippen LogP contribution < -0.4 is 10.6 Å². The number of benzene rings is 2. The van der Waals surface area contributed by atoms with Crippen LogP contribution in [0.1, 0.15) is 41.0 Å². The van der Waals surface area contributed by atoms with Gasteiger partial charge in [0, 0.05) is 42.7 Å². The number of methoxy groups -OCH3 is 1. The van der Waals surface area contributed by atoms with Crippen LogP contribution in [0.5, 0.6) is 0 Å². The summed E-state index contributed by atoms with van der Waals surface area (Å²) in [6.45, 7) is 9.34. The number of anilines is 1. The maximum Gasteiger partial charge on any atom is 0.268 e. The van der Waals surface area contributed by atoms with E-state index in [-0.39, 0.29) is 17.7 Å². The predicted molar refractivity (Wildman–Crippen MR) is 125 cm³/mol. The average Bonchev–Trinajstić information content (AvgIpc) is 3.08. The molecule has 6 heteroatoms. The summed E-state index contributed by atoms with van der Waals surface area (Å²) < 4.78 is 7.09. The van der Waals surface area contributed by atoms with Crippen molar-refractivity contribution in [1.29, 1.82) is 0 Å². The summed E-state index contributed by atoms with van der Waals surface area (Å²) >= 11 is 0. The Bertz CT molecular complexity index is 1100. The zero-order chi connectivity index (χ0) is 22.5. The quantitative estimate of drug-likeness (QED) is 0.533. The molecule has 0 fully saturated rings. The first kappa shape index (κ1) is 22.6. The van der Waals surface area contributed by atoms with E-state index in [4.69, 9.17) is 4.74 Å². The van der Waals surface area contributed by atoms with Gasteiger partial charge >= 0.3 is 0 Å². The number of rotatable bonds is 8. The molecule has 0 saturated heterocycles. The summed E-state index contributed by atoms with van der Waals surface area (Å²) in [5.41, 5.74) is 5.78. The Kier molecular flexibility index (Phi) is 7.13. The fraction of sp³-hybridized carbons (Fsp3) is 0.360. The minimum atomic E-state index is -0.147. The van der Waals surface area contributed by atoms with Crippen LogP contribution >= 0.6 is 0 Å². The number of aryl methyl sites for hydroxylation is 2. The van der Waals surface area contributed by atoms with Crippen LogP contribution in [0.3, 0.4) is 0 Å². The van der Waals surface area contributed by atoms with Gasteiger partial charge in [0.1, 0.15) is 5.69 Å². The minimum absolute atomic E-state index is 0.0355. The van der Waals surface area contributed by atoms with Gasteiger partial charge in [0.15, 0.2) is 0 Å². The molecule has 2 N–H and O–H groups in total. The van der Waals surface area contributed by atoms with E-state index >= 15 is 0 Å². The number of ether oxygens (including phenoxy) is 1. The normalized spacial score (nSPS) is 11.2. The van der Waals surface area contributed by atoms with Crippen LogP contribution in [-0.2, 0) is 16.1 Å². The molecule has 0 aliphatic carbocycles. The van der Waals surface area contributed by atoms with Crippen molar-refractivity contribution in [1.82, 2.24) is 9.88 Å². The second kappa shape index (κ2) is 9.79. The molecule has 164 valence electrons. The smallest absolute Gasteiger partial charge is 0.268 e. The number of nitrogens with one attached hydrogen (secondary N) is 2. The van der Waals surface area contributed by atoms with Gasteiger partial charge in [-0.3, -0.25) is 9.59 Å². The summed E-state index contributed by atoms with van der Waals surface area (Å²) in [5, 5.41) is 6.76. The third kappa shape index (κ3) is 5.33. The number of carbonyl (C=O) groups excluding carboxylic acids is 2. The molecule has 2 aromatic carbocycles. The molecule has 6 nitrogen and oxygen atoms in total. The first-order valence-corrected chi connectivity index (χ1v) is 10.6. The zero-order valence-electron chi connectivity index (χ0n) is 18.9. The lowest BCUT2D eigenvalue weighted by atomic mass is 10.1. The molecule has 0 radical (unpaired) electrons. The lowest BCUT2D eigenvalue weighted by Crippen LogP contribution is -2.29. The third-order valence-corrected chi connectivity index (χ3v) is 5.35. The molecule has 0 spiro atoms. The van der Waals surface area contributed by atoms with E-state index < -0.39 is 0 Å². The molecule has 1 heterocycles. The van der Waals surface area contributed by atoms with Gasteiger partial charge < -0.3 is 19.9 Å². The highest BCUT2D eigenvalue weighted by Crippen LogP contribution is 2.26. The Morgan fingerprint density at radius 1 is 1.06 bits per heavy atom. The van der Waals surface area contributed by atoms with Crippen molar-refractivity contribution < 1.29 is 14.3 Å². The molecule has 3 rings (SSSR count). The van der Waals surface area contributed by atoms with E-state index in [9.17, 15) is 9.59 Å². The maximum atomic E-state index is 12.9. The molecule has 31 heavy (non-hydrogen) atoms. The van der Waals surface area contributed by atoms with Crippen molar-refractivity contribution in [2.75, 3.05) is 25.6 Å². The lowest BCUT2D eigenvalue weighted by molar-refractivity contribution is -0.118. The van der Waals surface area contributed by atoms with Crippen molar-refractivity contribution in [2.45, 2.75) is 34.2 Å². The molecular weight excluding hydrogens is 390 g/mol. The highest BCUT2D eigenvalue weighted by molar-refractivity contribution is 6.00. The first-order chi connectivity index (χ1) is 14.8. The van der Waals surface area contributed by atoms with Crippen LogP contribution in [0.15, 0.2) is 42.5 Å². The van der Waals surface area contributed by atoms with Gasteiger partial charge in [-0.15, -0.1) is 0 Å². The van der Waals surface area contributed by atoms with Crippen LogP contribution in [0.4, 0.5) is 5.69 Å². The summed E-state index contributed by atoms with van der Waals surface area (Å²) in [4.78, 5) is 25.0. The zero-order valence-corrected chi connectivity index (χ0v) is 18.9. The van der Waals surface area contributed by atoms with Crippen LogP contribution in [0.2, 0.25) is 0 Å². The molecule has 0 atom stereocenters. The third-order valence-electron chi connectivity index (χ3n) is 5.35. The fourth-order valence-corrected chi connectivity index (χ4v) is 3.49. The van der Waals surface area contributed by atoms with Gasteiger partial charge in [0.2, 0.25) is 5.91 Å². The molecule has 3 aromatic rings. The SMILES string of the molecule is COCCNC(=O)c1cc2cc(NC(=O)C(C)C)ccc2n1Cc1cc(C)ccc1C. The van der Waals surface area contributed by atoms with E-state index in [1.54, 1.807) is 7.11 Å². The molecule has 2 amide bonds. The van der Waals surface area contributed by atoms with E-state index in [1.807, 2.05) is 42.7 Å². The van der Waals surface area contributed by atoms with Gasteiger partial charge in [-0.05, 0) is 49.2 Å². The van der Waals surface area contributed by atoms with E-state index in [0.717, 1.165) is 16.6 Å². The highest BCUT2D eigenvalue weighted by Gasteiger charge is 2.17. The van der Waals surface area contributed by atoms with E-state index in [0.29, 0.717) is 25.4 Å². The largest absolute Gasteiger partial charge is 0.383 e. The molecule has 1 aromatic heterocycles.